The Morgan fingerprint density at radius 3 is 2.33 bits per heavy atom. The highest BCUT2D eigenvalue weighted by Gasteiger charge is 2.30. The van der Waals surface area contributed by atoms with Gasteiger partial charge in [0.25, 0.3) is 0 Å². The van der Waals surface area contributed by atoms with Gasteiger partial charge in [0.1, 0.15) is 0 Å². The molecule has 1 N–H and O–H groups in total. The number of hydrogen-bond donors (Lipinski definition) is 1. The van der Waals surface area contributed by atoms with Crippen LogP contribution in [0.15, 0.2) is 0 Å². The molecular formula is C13H26N2. The van der Waals surface area contributed by atoms with Gasteiger partial charge in [-0.05, 0) is 44.7 Å². The van der Waals surface area contributed by atoms with Gasteiger partial charge in [-0.25, -0.2) is 0 Å². The second-order valence-corrected chi connectivity index (χ2v) is 5.82. The van der Waals surface area contributed by atoms with Crippen molar-refractivity contribution in [1.82, 2.24) is 10.2 Å². The van der Waals surface area contributed by atoms with E-state index in [9.17, 15) is 0 Å². The molecule has 0 bridgehead atoms. The van der Waals surface area contributed by atoms with E-state index < -0.39 is 0 Å². The van der Waals surface area contributed by atoms with Crippen molar-refractivity contribution in [3.8, 4) is 0 Å². The largest absolute Gasteiger partial charge is 0.311 e. The molecule has 1 saturated carbocycles. The van der Waals surface area contributed by atoms with Gasteiger partial charge in [0.15, 0.2) is 0 Å². The first-order chi connectivity index (χ1) is 7.16. The summed E-state index contributed by atoms with van der Waals surface area (Å²) in [7, 11) is 2.24. The molecule has 0 amide bonds. The summed E-state index contributed by atoms with van der Waals surface area (Å²) in [4.78, 5) is 2.46. The number of likely N-dealkylation sites (tertiary alicyclic amines) is 1. The fourth-order valence-corrected chi connectivity index (χ4v) is 3.27. The molecule has 2 nitrogen and oxygen atoms in total. The fraction of sp³-hybridized carbons (Fsp3) is 1.00. The Morgan fingerprint density at radius 1 is 1.00 bits per heavy atom. The molecule has 1 aliphatic carbocycles. The van der Waals surface area contributed by atoms with E-state index in [4.69, 9.17) is 0 Å². The average Bonchev–Trinajstić information content (AvgIpc) is 2.57. The van der Waals surface area contributed by atoms with Crippen LogP contribution >= 0.6 is 0 Å². The number of hydrogen-bond acceptors (Lipinski definition) is 2. The average molecular weight is 210 g/mol. The Morgan fingerprint density at radius 2 is 1.73 bits per heavy atom. The van der Waals surface area contributed by atoms with Crippen LogP contribution in [0.25, 0.3) is 0 Å². The lowest BCUT2D eigenvalue weighted by molar-refractivity contribution is 0.161. The SMILES string of the molecule is CC1CCCC1NC1CCN(C)CC1C. The summed E-state index contributed by atoms with van der Waals surface area (Å²) >= 11 is 0. The Kier molecular flexibility index (Phi) is 3.68. The Balaban J connectivity index is 1.83. The van der Waals surface area contributed by atoms with Crippen molar-refractivity contribution in [3.05, 3.63) is 0 Å². The molecule has 15 heavy (non-hydrogen) atoms. The summed E-state index contributed by atoms with van der Waals surface area (Å²) in [5, 5.41) is 3.91. The molecule has 88 valence electrons. The van der Waals surface area contributed by atoms with Crippen LogP contribution in [0.3, 0.4) is 0 Å². The van der Waals surface area contributed by atoms with Crippen LogP contribution < -0.4 is 5.32 Å². The molecule has 0 aromatic heterocycles. The lowest BCUT2D eigenvalue weighted by atomic mass is 9.92. The molecule has 0 aromatic carbocycles. The van der Waals surface area contributed by atoms with Gasteiger partial charge in [0, 0.05) is 18.6 Å². The van der Waals surface area contributed by atoms with Crippen LogP contribution in [0.2, 0.25) is 0 Å². The summed E-state index contributed by atoms with van der Waals surface area (Å²) in [5.41, 5.74) is 0. The molecule has 2 heteroatoms. The minimum Gasteiger partial charge on any atom is -0.311 e. The smallest absolute Gasteiger partial charge is 0.0120 e. The second kappa shape index (κ2) is 4.84. The molecule has 1 saturated heterocycles. The second-order valence-electron chi connectivity index (χ2n) is 5.82. The van der Waals surface area contributed by atoms with E-state index in [-0.39, 0.29) is 0 Å². The first kappa shape index (κ1) is 11.4. The van der Waals surface area contributed by atoms with E-state index in [1.165, 1.54) is 38.8 Å². The molecule has 1 aliphatic heterocycles. The van der Waals surface area contributed by atoms with Crippen molar-refractivity contribution in [2.24, 2.45) is 11.8 Å². The molecule has 0 aromatic rings. The number of nitrogens with one attached hydrogen (secondary N) is 1. The lowest BCUT2D eigenvalue weighted by Gasteiger charge is -2.37. The first-order valence-electron chi connectivity index (χ1n) is 6.61. The van der Waals surface area contributed by atoms with Gasteiger partial charge in [-0.2, -0.15) is 0 Å². The Bertz CT molecular complexity index is 205. The quantitative estimate of drug-likeness (QED) is 0.751. The zero-order valence-corrected chi connectivity index (χ0v) is 10.5. The highest BCUT2D eigenvalue weighted by atomic mass is 15.1. The van der Waals surface area contributed by atoms with Crippen molar-refractivity contribution >= 4 is 0 Å². The van der Waals surface area contributed by atoms with Crippen molar-refractivity contribution < 1.29 is 0 Å². The summed E-state index contributed by atoms with van der Waals surface area (Å²) in [6.45, 7) is 7.33. The maximum absolute atomic E-state index is 3.91. The van der Waals surface area contributed by atoms with Crippen molar-refractivity contribution in [3.63, 3.8) is 0 Å². The summed E-state index contributed by atoms with van der Waals surface area (Å²) in [6.07, 6.45) is 5.60. The van der Waals surface area contributed by atoms with E-state index >= 15 is 0 Å². The predicted octanol–water partition coefficient (Wildman–Crippen LogP) is 2.10. The van der Waals surface area contributed by atoms with E-state index in [0.29, 0.717) is 0 Å². The van der Waals surface area contributed by atoms with Crippen LogP contribution in [-0.4, -0.2) is 37.1 Å². The first-order valence-corrected chi connectivity index (χ1v) is 6.61. The monoisotopic (exact) mass is 210 g/mol. The molecule has 0 radical (unpaired) electrons. The topological polar surface area (TPSA) is 15.3 Å². The summed E-state index contributed by atoms with van der Waals surface area (Å²) in [5.74, 6) is 1.72. The van der Waals surface area contributed by atoms with E-state index in [1.54, 1.807) is 0 Å². The molecule has 2 fully saturated rings. The minimum atomic E-state index is 0.770. The Hall–Kier alpha value is -0.0800. The maximum atomic E-state index is 3.91. The zero-order valence-electron chi connectivity index (χ0n) is 10.5. The molecule has 0 spiro atoms. The number of rotatable bonds is 2. The maximum Gasteiger partial charge on any atom is 0.0120 e. The van der Waals surface area contributed by atoms with Gasteiger partial charge in [0.05, 0.1) is 0 Å². The number of piperidine rings is 1. The van der Waals surface area contributed by atoms with Crippen LogP contribution in [0.1, 0.15) is 39.5 Å². The molecule has 4 atom stereocenters. The van der Waals surface area contributed by atoms with Gasteiger partial charge in [-0.3, -0.25) is 0 Å². The van der Waals surface area contributed by atoms with E-state index in [0.717, 1.165) is 23.9 Å². The summed E-state index contributed by atoms with van der Waals surface area (Å²) < 4.78 is 0. The third-order valence-corrected chi connectivity index (χ3v) is 4.40. The molecular weight excluding hydrogens is 184 g/mol. The molecule has 2 aliphatic rings. The van der Waals surface area contributed by atoms with Gasteiger partial charge in [0.2, 0.25) is 0 Å². The minimum absolute atomic E-state index is 0.770. The van der Waals surface area contributed by atoms with Crippen molar-refractivity contribution in [2.45, 2.75) is 51.6 Å². The molecule has 2 rings (SSSR count). The third-order valence-electron chi connectivity index (χ3n) is 4.40. The van der Waals surface area contributed by atoms with Crippen molar-refractivity contribution in [2.75, 3.05) is 20.1 Å². The van der Waals surface area contributed by atoms with Crippen LogP contribution in [-0.2, 0) is 0 Å². The standard InChI is InChI=1S/C13H26N2/c1-10-5-4-6-12(10)14-13-7-8-15(3)9-11(13)2/h10-14H,4-9H2,1-3H3. The summed E-state index contributed by atoms with van der Waals surface area (Å²) in [6, 6.07) is 1.58. The van der Waals surface area contributed by atoms with Crippen LogP contribution in [0.4, 0.5) is 0 Å². The van der Waals surface area contributed by atoms with E-state index in [2.05, 4.69) is 31.1 Å². The molecule has 1 heterocycles. The number of nitrogens with zero attached hydrogens (tertiary/aromatic N) is 1. The third kappa shape index (κ3) is 2.73. The zero-order chi connectivity index (χ0) is 10.8. The van der Waals surface area contributed by atoms with Gasteiger partial charge < -0.3 is 10.2 Å². The Labute approximate surface area is 94.4 Å². The normalized spacial score (nSPS) is 43.4. The van der Waals surface area contributed by atoms with Gasteiger partial charge in [-0.1, -0.05) is 20.3 Å². The van der Waals surface area contributed by atoms with Gasteiger partial charge in [-0.15, -0.1) is 0 Å². The predicted molar refractivity (Wildman–Crippen MR) is 65.0 cm³/mol. The van der Waals surface area contributed by atoms with Gasteiger partial charge >= 0.3 is 0 Å². The van der Waals surface area contributed by atoms with Crippen LogP contribution in [0.5, 0.6) is 0 Å². The van der Waals surface area contributed by atoms with Crippen molar-refractivity contribution in [1.29, 1.82) is 0 Å². The fourth-order valence-electron chi connectivity index (χ4n) is 3.27. The van der Waals surface area contributed by atoms with E-state index in [1.807, 2.05) is 0 Å². The lowest BCUT2D eigenvalue weighted by Crippen LogP contribution is -2.50. The highest BCUT2D eigenvalue weighted by molar-refractivity contribution is 4.88. The van der Waals surface area contributed by atoms with Crippen LogP contribution in [0, 0.1) is 11.8 Å². The highest BCUT2D eigenvalue weighted by Crippen LogP contribution is 2.27. The molecule has 4 unspecified atom stereocenters.